The number of fused-ring (bicyclic) bond motifs is 1. The van der Waals surface area contributed by atoms with Crippen LogP contribution >= 0.6 is 46.7 Å². The van der Waals surface area contributed by atoms with Crippen molar-refractivity contribution in [3.63, 3.8) is 0 Å². The average molecular weight is 422 g/mol. The number of carbonyl (C=O) groups excluding carboxylic acids is 1. The molecule has 0 unspecified atom stereocenters. The molecule has 4 rings (SSSR count). The summed E-state index contributed by atoms with van der Waals surface area (Å²) in [6.45, 7) is 0. The lowest BCUT2D eigenvalue weighted by Gasteiger charge is -2.14. The number of thioether (sulfide) groups is 2. The Morgan fingerprint density at radius 1 is 0.923 bits per heavy atom. The summed E-state index contributed by atoms with van der Waals surface area (Å²) in [6.07, 6.45) is 0. The van der Waals surface area contributed by atoms with Gasteiger partial charge in [-0.3, -0.25) is 9.69 Å². The first-order chi connectivity index (χ1) is 12.4. The summed E-state index contributed by atoms with van der Waals surface area (Å²) in [5.74, 6) is -0.0593. The number of hydrogen-bond acceptors (Lipinski definition) is 5. The summed E-state index contributed by atoms with van der Waals surface area (Å²) in [5, 5.41) is 2.86. The minimum absolute atomic E-state index is 0.0593. The number of rotatable bonds is 1. The third-order valence-corrected chi connectivity index (χ3v) is 6.99. The fourth-order valence-corrected chi connectivity index (χ4v) is 5.23. The number of halogens is 2. The molecule has 2 aliphatic rings. The van der Waals surface area contributed by atoms with Gasteiger partial charge in [0.25, 0.3) is 5.91 Å². The molecule has 0 radical (unpaired) electrons. The van der Waals surface area contributed by atoms with Crippen LogP contribution in [0.1, 0.15) is 0 Å². The number of nitrogens with zero attached hydrogens (tertiary/aromatic N) is 3. The van der Waals surface area contributed by atoms with Gasteiger partial charge < -0.3 is 4.90 Å². The molecule has 1 saturated heterocycles. The fraction of sp³-hybridized carbons (Fsp3) is 0.111. The number of carbonyl (C=O) groups is 1. The molecule has 2 aromatic rings. The highest BCUT2D eigenvalue weighted by Gasteiger charge is 2.37. The number of amidine groups is 1. The van der Waals surface area contributed by atoms with Crippen LogP contribution in [0.2, 0.25) is 10.0 Å². The molecule has 132 valence electrons. The van der Waals surface area contributed by atoms with Gasteiger partial charge in [0.15, 0.2) is 5.17 Å². The molecule has 1 fully saturated rings. The van der Waals surface area contributed by atoms with Gasteiger partial charge >= 0.3 is 0 Å². The van der Waals surface area contributed by atoms with Crippen LogP contribution in [0.4, 0.5) is 11.4 Å². The molecule has 2 aromatic carbocycles. The SMILES string of the molecule is CN1C(=O)/C(=C2/Sc3ccc(Cl)cc3N2C)SC1=Nc1ccc(Cl)cc1. The van der Waals surface area contributed by atoms with E-state index in [4.69, 9.17) is 23.2 Å². The van der Waals surface area contributed by atoms with Gasteiger partial charge in [0, 0.05) is 29.0 Å². The second-order valence-corrected chi connectivity index (χ2v) is 8.63. The van der Waals surface area contributed by atoms with E-state index in [0.29, 0.717) is 20.1 Å². The Balaban J connectivity index is 1.69. The fourth-order valence-electron chi connectivity index (χ4n) is 2.62. The average Bonchev–Trinajstić information content (AvgIpc) is 3.08. The Kier molecular flexibility index (Phi) is 4.69. The maximum Gasteiger partial charge on any atom is 0.269 e. The van der Waals surface area contributed by atoms with Crippen LogP contribution in [0.15, 0.2) is 62.3 Å². The number of anilines is 1. The predicted molar refractivity (Wildman–Crippen MR) is 112 cm³/mol. The molecule has 0 saturated carbocycles. The van der Waals surface area contributed by atoms with Gasteiger partial charge in [0.2, 0.25) is 0 Å². The molecule has 8 heteroatoms. The van der Waals surface area contributed by atoms with E-state index in [1.54, 1.807) is 35.8 Å². The van der Waals surface area contributed by atoms with Crippen molar-refractivity contribution in [3.8, 4) is 0 Å². The van der Waals surface area contributed by atoms with Crippen molar-refractivity contribution in [3.05, 3.63) is 62.4 Å². The van der Waals surface area contributed by atoms with Crippen LogP contribution < -0.4 is 4.90 Å². The third-order valence-electron chi connectivity index (χ3n) is 4.02. The molecular formula is C18H13Cl2N3OS2. The van der Waals surface area contributed by atoms with E-state index >= 15 is 0 Å². The number of aliphatic imine (C=N–C) groups is 1. The van der Waals surface area contributed by atoms with Crippen molar-refractivity contribution in [1.82, 2.24) is 4.90 Å². The highest BCUT2D eigenvalue weighted by molar-refractivity contribution is 8.19. The van der Waals surface area contributed by atoms with Crippen LogP contribution in [0.5, 0.6) is 0 Å². The molecule has 2 aliphatic heterocycles. The van der Waals surface area contributed by atoms with E-state index < -0.39 is 0 Å². The quantitative estimate of drug-likeness (QED) is 0.561. The summed E-state index contributed by atoms with van der Waals surface area (Å²) in [6, 6.07) is 13.0. The second kappa shape index (κ2) is 6.85. The number of amides is 1. The molecular weight excluding hydrogens is 409 g/mol. The van der Waals surface area contributed by atoms with Crippen LogP contribution in [0.25, 0.3) is 0 Å². The van der Waals surface area contributed by atoms with Crippen LogP contribution in [0.3, 0.4) is 0 Å². The van der Waals surface area contributed by atoms with Crippen molar-refractivity contribution >= 4 is 69.2 Å². The molecule has 0 spiro atoms. The number of benzene rings is 2. The van der Waals surface area contributed by atoms with Gasteiger partial charge in [-0.25, -0.2) is 4.99 Å². The zero-order valence-electron chi connectivity index (χ0n) is 13.9. The highest BCUT2D eigenvalue weighted by Crippen LogP contribution is 2.50. The van der Waals surface area contributed by atoms with Crippen molar-refractivity contribution in [2.75, 3.05) is 19.0 Å². The van der Waals surface area contributed by atoms with E-state index in [2.05, 4.69) is 4.99 Å². The molecule has 0 aromatic heterocycles. The Bertz CT molecular complexity index is 973. The Morgan fingerprint density at radius 2 is 1.62 bits per heavy atom. The van der Waals surface area contributed by atoms with E-state index in [1.807, 2.05) is 42.3 Å². The molecule has 1 amide bonds. The van der Waals surface area contributed by atoms with Crippen molar-refractivity contribution in [1.29, 1.82) is 0 Å². The zero-order chi connectivity index (χ0) is 18.4. The lowest BCUT2D eigenvalue weighted by atomic mass is 10.3. The van der Waals surface area contributed by atoms with Gasteiger partial charge in [-0.1, -0.05) is 35.0 Å². The monoisotopic (exact) mass is 421 g/mol. The third kappa shape index (κ3) is 3.11. The Morgan fingerprint density at radius 3 is 2.35 bits per heavy atom. The molecule has 0 aliphatic carbocycles. The maximum absolute atomic E-state index is 12.8. The molecule has 2 heterocycles. The molecule has 0 bridgehead atoms. The topological polar surface area (TPSA) is 35.9 Å². The van der Waals surface area contributed by atoms with E-state index in [0.717, 1.165) is 21.3 Å². The second-order valence-electron chi connectivity index (χ2n) is 5.74. The smallest absolute Gasteiger partial charge is 0.269 e. The summed E-state index contributed by atoms with van der Waals surface area (Å²) in [5.41, 5.74) is 1.76. The maximum atomic E-state index is 12.8. The van der Waals surface area contributed by atoms with Gasteiger partial charge in [0.1, 0.15) is 4.91 Å². The van der Waals surface area contributed by atoms with E-state index in [-0.39, 0.29) is 5.91 Å². The highest BCUT2D eigenvalue weighted by atomic mass is 35.5. The normalized spacial score (nSPS) is 21.1. The Labute approximate surface area is 169 Å². The first-order valence-corrected chi connectivity index (χ1v) is 10.1. The van der Waals surface area contributed by atoms with Gasteiger partial charge in [-0.15, -0.1) is 0 Å². The molecule has 0 N–H and O–H groups in total. The van der Waals surface area contributed by atoms with Crippen LogP contribution in [-0.4, -0.2) is 30.1 Å². The van der Waals surface area contributed by atoms with Gasteiger partial charge in [-0.2, -0.15) is 0 Å². The molecule has 4 nitrogen and oxygen atoms in total. The number of hydrogen-bond donors (Lipinski definition) is 0. The number of likely N-dealkylation sites (N-methyl/N-ethyl adjacent to an activating group) is 1. The lowest BCUT2D eigenvalue weighted by Crippen LogP contribution is -2.24. The summed E-state index contributed by atoms with van der Waals surface area (Å²) < 4.78 is 0. The van der Waals surface area contributed by atoms with Crippen molar-refractivity contribution in [2.24, 2.45) is 4.99 Å². The van der Waals surface area contributed by atoms with Crippen LogP contribution in [0, 0.1) is 0 Å². The van der Waals surface area contributed by atoms with Crippen molar-refractivity contribution in [2.45, 2.75) is 4.90 Å². The van der Waals surface area contributed by atoms with Crippen LogP contribution in [-0.2, 0) is 4.79 Å². The minimum Gasteiger partial charge on any atom is -0.337 e. The minimum atomic E-state index is -0.0593. The summed E-state index contributed by atoms with van der Waals surface area (Å²) in [4.78, 5) is 22.7. The van der Waals surface area contributed by atoms with Crippen molar-refractivity contribution < 1.29 is 4.79 Å². The van der Waals surface area contributed by atoms with E-state index in [9.17, 15) is 4.79 Å². The van der Waals surface area contributed by atoms with Gasteiger partial charge in [-0.05, 0) is 54.2 Å². The largest absolute Gasteiger partial charge is 0.337 e. The molecule has 0 atom stereocenters. The standard InChI is InChI=1S/C18H13Cl2N3OS2/c1-22-13-9-11(20)5-8-14(13)25-17(22)15-16(24)23(2)18(26-15)21-12-6-3-10(19)4-7-12/h3-9H,1-2H3/b17-15-,21-18?. The van der Waals surface area contributed by atoms with Gasteiger partial charge in [0.05, 0.1) is 16.4 Å². The summed E-state index contributed by atoms with van der Waals surface area (Å²) in [7, 11) is 3.68. The predicted octanol–water partition coefficient (Wildman–Crippen LogP) is 5.60. The molecule has 26 heavy (non-hydrogen) atoms. The lowest BCUT2D eigenvalue weighted by molar-refractivity contribution is -0.121. The Hall–Kier alpha value is -1.60. The first kappa shape index (κ1) is 17.8. The van der Waals surface area contributed by atoms with E-state index in [1.165, 1.54) is 11.8 Å². The zero-order valence-corrected chi connectivity index (χ0v) is 17.0. The summed E-state index contributed by atoms with van der Waals surface area (Å²) >= 11 is 15.0. The first-order valence-electron chi connectivity index (χ1n) is 7.69.